The Bertz CT molecular complexity index is 510. The zero-order chi connectivity index (χ0) is 12.3. The molecule has 1 heterocycles. The van der Waals surface area contributed by atoms with E-state index < -0.39 is 0 Å². The fraction of sp³-hybridized carbons (Fsp3) is 0.250. The van der Waals surface area contributed by atoms with Crippen LogP contribution in [-0.4, -0.2) is 16.3 Å². The van der Waals surface area contributed by atoms with Gasteiger partial charge < -0.3 is 5.32 Å². The van der Waals surface area contributed by atoms with Gasteiger partial charge in [-0.3, -0.25) is 0 Å². The number of nitrogens with one attached hydrogen (secondary N) is 1. The van der Waals surface area contributed by atoms with Crippen molar-refractivity contribution in [2.45, 2.75) is 13.5 Å². The molecule has 1 aromatic heterocycles. The van der Waals surface area contributed by atoms with E-state index in [1.165, 1.54) is 0 Å². The first-order valence-electron chi connectivity index (χ1n) is 5.41. The molecule has 17 heavy (non-hydrogen) atoms. The lowest BCUT2D eigenvalue weighted by Crippen LogP contribution is -2.12. The lowest BCUT2D eigenvalue weighted by Gasteiger charge is -2.05. The predicted octanol–water partition coefficient (Wildman–Crippen LogP) is 3.40. The SMILES string of the molecule is CCNCc1ccn(-c2cc(Cl)ccc2Br)n1. The van der Waals surface area contributed by atoms with Crippen LogP contribution in [0.15, 0.2) is 34.9 Å². The molecule has 3 nitrogen and oxygen atoms in total. The van der Waals surface area contributed by atoms with Crippen molar-refractivity contribution in [2.24, 2.45) is 0 Å². The molecular formula is C12H13BrClN3. The number of hydrogen-bond donors (Lipinski definition) is 1. The third kappa shape index (κ3) is 3.09. The van der Waals surface area contributed by atoms with Gasteiger partial charge in [-0.2, -0.15) is 5.10 Å². The van der Waals surface area contributed by atoms with Crippen molar-refractivity contribution in [3.05, 3.63) is 45.7 Å². The minimum absolute atomic E-state index is 0.701. The van der Waals surface area contributed by atoms with Crippen LogP contribution in [0.25, 0.3) is 5.69 Å². The second-order valence-electron chi connectivity index (χ2n) is 3.63. The van der Waals surface area contributed by atoms with Crippen molar-refractivity contribution in [1.82, 2.24) is 15.1 Å². The Labute approximate surface area is 114 Å². The zero-order valence-electron chi connectivity index (χ0n) is 9.45. The highest BCUT2D eigenvalue weighted by Gasteiger charge is 2.05. The summed E-state index contributed by atoms with van der Waals surface area (Å²) in [6.07, 6.45) is 1.93. The summed E-state index contributed by atoms with van der Waals surface area (Å²) in [5.41, 5.74) is 1.96. The molecule has 0 spiro atoms. The summed E-state index contributed by atoms with van der Waals surface area (Å²) in [4.78, 5) is 0. The first kappa shape index (κ1) is 12.6. The summed E-state index contributed by atoms with van der Waals surface area (Å²) < 4.78 is 2.79. The molecule has 0 saturated carbocycles. The Kier molecular flexibility index (Phi) is 4.20. The molecular weight excluding hydrogens is 302 g/mol. The van der Waals surface area contributed by atoms with E-state index in [0.717, 1.165) is 28.9 Å². The van der Waals surface area contributed by atoms with E-state index in [-0.39, 0.29) is 0 Å². The van der Waals surface area contributed by atoms with Gasteiger partial charge in [-0.05, 0) is 46.7 Å². The van der Waals surface area contributed by atoms with Gasteiger partial charge in [0.25, 0.3) is 0 Å². The number of nitrogens with zero attached hydrogens (tertiary/aromatic N) is 2. The minimum atomic E-state index is 0.701. The summed E-state index contributed by atoms with van der Waals surface area (Å²) in [7, 11) is 0. The molecule has 0 radical (unpaired) electrons. The number of hydrogen-bond acceptors (Lipinski definition) is 2. The normalized spacial score (nSPS) is 10.8. The number of rotatable bonds is 4. The second kappa shape index (κ2) is 5.67. The molecule has 0 fully saturated rings. The average Bonchev–Trinajstić information content (AvgIpc) is 2.78. The molecule has 0 saturated heterocycles. The number of aromatic nitrogens is 2. The maximum atomic E-state index is 5.98. The Morgan fingerprint density at radius 3 is 3.00 bits per heavy atom. The van der Waals surface area contributed by atoms with E-state index >= 15 is 0 Å². The van der Waals surface area contributed by atoms with Gasteiger partial charge >= 0.3 is 0 Å². The van der Waals surface area contributed by atoms with Gasteiger partial charge in [0.2, 0.25) is 0 Å². The molecule has 0 amide bonds. The van der Waals surface area contributed by atoms with Crippen LogP contribution in [0, 0.1) is 0 Å². The first-order chi connectivity index (χ1) is 8.20. The third-order valence-electron chi connectivity index (χ3n) is 2.36. The largest absolute Gasteiger partial charge is 0.311 e. The van der Waals surface area contributed by atoms with E-state index in [1.807, 2.05) is 35.1 Å². The summed E-state index contributed by atoms with van der Waals surface area (Å²) in [6.45, 7) is 3.79. The number of halogens is 2. The maximum absolute atomic E-state index is 5.98. The zero-order valence-corrected chi connectivity index (χ0v) is 11.8. The maximum Gasteiger partial charge on any atom is 0.0802 e. The lowest BCUT2D eigenvalue weighted by atomic mass is 10.3. The molecule has 90 valence electrons. The van der Waals surface area contributed by atoms with Crippen LogP contribution >= 0.6 is 27.5 Å². The molecule has 0 atom stereocenters. The van der Waals surface area contributed by atoms with Crippen LogP contribution < -0.4 is 5.32 Å². The molecule has 2 aromatic rings. The Hall–Kier alpha value is -0.840. The highest BCUT2D eigenvalue weighted by molar-refractivity contribution is 9.10. The predicted molar refractivity (Wildman–Crippen MR) is 73.7 cm³/mol. The van der Waals surface area contributed by atoms with Gasteiger partial charge in [-0.1, -0.05) is 18.5 Å². The summed E-state index contributed by atoms with van der Waals surface area (Å²) in [5.74, 6) is 0. The molecule has 2 rings (SSSR count). The van der Waals surface area contributed by atoms with Crippen LogP contribution in [0.2, 0.25) is 5.02 Å². The Morgan fingerprint density at radius 2 is 2.24 bits per heavy atom. The van der Waals surface area contributed by atoms with Crippen molar-refractivity contribution >= 4 is 27.5 Å². The standard InChI is InChI=1S/C12H13BrClN3/c1-2-15-8-10-5-6-17(16-10)12-7-9(14)3-4-11(12)13/h3-7,15H,2,8H2,1H3. The van der Waals surface area contributed by atoms with Crippen LogP contribution in [0.1, 0.15) is 12.6 Å². The highest BCUT2D eigenvalue weighted by Crippen LogP contribution is 2.24. The molecule has 1 aromatic carbocycles. The van der Waals surface area contributed by atoms with Gasteiger partial charge in [0.05, 0.1) is 11.4 Å². The fourth-order valence-electron chi connectivity index (χ4n) is 1.50. The van der Waals surface area contributed by atoms with Crippen molar-refractivity contribution in [3.63, 3.8) is 0 Å². The molecule has 0 aliphatic rings. The van der Waals surface area contributed by atoms with Crippen molar-refractivity contribution < 1.29 is 0 Å². The molecule has 0 aliphatic carbocycles. The van der Waals surface area contributed by atoms with Crippen LogP contribution in [0.3, 0.4) is 0 Å². The van der Waals surface area contributed by atoms with Crippen LogP contribution in [-0.2, 0) is 6.54 Å². The van der Waals surface area contributed by atoms with Crippen molar-refractivity contribution in [2.75, 3.05) is 6.54 Å². The third-order valence-corrected chi connectivity index (χ3v) is 3.26. The van der Waals surface area contributed by atoms with Crippen LogP contribution in [0.5, 0.6) is 0 Å². The fourth-order valence-corrected chi connectivity index (χ4v) is 2.10. The Morgan fingerprint density at radius 1 is 1.41 bits per heavy atom. The molecule has 0 aliphatic heterocycles. The number of benzene rings is 1. The molecule has 0 unspecified atom stereocenters. The summed E-state index contributed by atoms with van der Waals surface area (Å²) in [6, 6.07) is 7.65. The smallest absolute Gasteiger partial charge is 0.0802 e. The van der Waals surface area contributed by atoms with Gasteiger partial charge in [0, 0.05) is 22.2 Å². The topological polar surface area (TPSA) is 29.9 Å². The average molecular weight is 315 g/mol. The van der Waals surface area contributed by atoms with Crippen molar-refractivity contribution in [3.8, 4) is 5.69 Å². The van der Waals surface area contributed by atoms with E-state index in [2.05, 4.69) is 33.3 Å². The monoisotopic (exact) mass is 313 g/mol. The summed E-state index contributed by atoms with van der Waals surface area (Å²) >= 11 is 9.48. The van der Waals surface area contributed by atoms with Crippen LogP contribution in [0.4, 0.5) is 0 Å². The first-order valence-corrected chi connectivity index (χ1v) is 6.58. The van der Waals surface area contributed by atoms with E-state index in [1.54, 1.807) is 0 Å². The van der Waals surface area contributed by atoms with Gasteiger partial charge in [-0.25, -0.2) is 4.68 Å². The van der Waals surface area contributed by atoms with Gasteiger partial charge in [-0.15, -0.1) is 0 Å². The van der Waals surface area contributed by atoms with Crippen molar-refractivity contribution in [1.29, 1.82) is 0 Å². The van der Waals surface area contributed by atoms with E-state index in [0.29, 0.717) is 5.02 Å². The summed E-state index contributed by atoms with van der Waals surface area (Å²) in [5, 5.41) is 8.43. The molecule has 0 bridgehead atoms. The minimum Gasteiger partial charge on any atom is -0.311 e. The lowest BCUT2D eigenvalue weighted by molar-refractivity contribution is 0.696. The second-order valence-corrected chi connectivity index (χ2v) is 4.92. The quantitative estimate of drug-likeness (QED) is 0.937. The van der Waals surface area contributed by atoms with E-state index in [4.69, 9.17) is 11.6 Å². The molecule has 1 N–H and O–H groups in total. The van der Waals surface area contributed by atoms with Gasteiger partial charge in [0.15, 0.2) is 0 Å². The van der Waals surface area contributed by atoms with E-state index in [9.17, 15) is 0 Å². The molecule has 5 heteroatoms. The highest BCUT2D eigenvalue weighted by atomic mass is 79.9. The van der Waals surface area contributed by atoms with Gasteiger partial charge in [0.1, 0.15) is 0 Å². The Balaban J connectivity index is 2.27.